The van der Waals surface area contributed by atoms with Gasteiger partial charge in [0.2, 0.25) is 0 Å². The first-order valence-corrected chi connectivity index (χ1v) is 6.96. The predicted octanol–water partition coefficient (Wildman–Crippen LogP) is 2.04. The van der Waals surface area contributed by atoms with Crippen LogP contribution in [0.2, 0.25) is 0 Å². The number of para-hydroxylation sites is 1. The number of nitrogens with zero attached hydrogens (tertiary/aromatic N) is 1. The summed E-state index contributed by atoms with van der Waals surface area (Å²) >= 11 is 0. The molecule has 0 N–H and O–H groups in total. The lowest BCUT2D eigenvalue weighted by atomic mass is 10.1. The zero-order valence-electron chi connectivity index (χ0n) is 11.9. The molecule has 0 radical (unpaired) electrons. The van der Waals surface area contributed by atoms with Crippen LogP contribution in [0.25, 0.3) is 0 Å². The first kappa shape index (κ1) is 14.6. The second kappa shape index (κ2) is 7.10. The van der Waals surface area contributed by atoms with Crippen molar-refractivity contribution in [3.05, 3.63) is 42.5 Å². The van der Waals surface area contributed by atoms with Gasteiger partial charge in [-0.2, -0.15) is 0 Å². The van der Waals surface area contributed by atoms with Crippen molar-refractivity contribution in [2.45, 2.75) is 19.4 Å². The van der Waals surface area contributed by atoms with Gasteiger partial charge in [-0.1, -0.05) is 24.3 Å². The maximum Gasteiger partial charge on any atom is 0.320 e. The number of carbonyl (C=O) groups is 1. The lowest BCUT2D eigenvalue weighted by Gasteiger charge is -2.22. The maximum atomic E-state index is 11.6. The molecule has 0 saturated heterocycles. The molecule has 0 amide bonds. The SMILES string of the molecule is C=CCN(CC(=O)OCC)CC1Cc2ccccc2O1. The Labute approximate surface area is 120 Å². The van der Waals surface area contributed by atoms with Gasteiger partial charge in [0, 0.05) is 19.5 Å². The molecule has 0 saturated carbocycles. The fourth-order valence-electron chi connectivity index (χ4n) is 2.42. The van der Waals surface area contributed by atoms with Crippen molar-refractivity contribution in [1.29, 1.82) is 0 Å². The second-order valence-electron chi connectivity index (χ2n) is 4.84. The van der Waals surface area contributed by atoms with Crippen LogP contribution in [-0.4, -0.2) is 43.2 Å². The number of benzene rings is 1. The summed E-state index contributed by atoms with van der Waals surface area (Å²) in [6.07, 6.45) is 2.76. The van der Waals surface area contributed by atoms with Gasteiger partial charge in [-0.3, -0.25) is 9.69 Å². The Morgan fingerprint density at radius 2 is 2.35 bits per heavy atom. The minimum Gasteiger partial charge on any atom is -0.488 e. The molecule has 2 rings (SSSR count). The van der Waals surface area contributed by atoms with Crippen LogP contribution >= 0.6 is 0 Å². The molecule has 0 aromatic heterocycles. The molecule has 1 atom stereocenters. The molecule has 0 bridgehead atoms. The number of esters is 1. The summed E-state index contributed by atoms with van der Waals surface area (Å²) in [7, 11) is 0. The van der Waals surface area contributed by atoms with Crippen LogP contribution in [0.3, 0.4) is 0 Å². The van der Waals surface area contributed by atoms with Gasteiger partial charge in [0.1, 0.15) is 11.9 Å². The quantitative estimate of drug-likeness (QED) is 0.564. The topological polar surface area (TPSA) is 38.8 Å². The van der Waals surface area contributed by atoms with Crippen molar-refractivity contribution < 1.29 is 14.3 Å². The van der Waals surface area contributed by atoms with E-state index in [0.29, 0.717) is 19.7 Å². The predicted molar refractivity (Wildman–Crippen MR) is 77.8 cm³/mol. The summed E-state index contributed by atoms with van der Waals surface area (Å²) < 4.78 is 10.9. The van der Waals surface area contributed by atoms with Gasteiger partial charge in [0.15, 0.2) is 0 Å². The van der Waals surface area contributed by atoms with E-state index in [-0.39, 0.29) is 18.6 Å². The van der Waals surface area contributed by atoms with Crippen LogP contribution in [0.4, 0.5) is 0 Å². The highest BCUT2D eigenvalue weighted by molar-refractivity contribution is 5.71. The van der Waals surface area contributed by atoms with Gasteiger partial charge in [-0.25, -0.2) is 0 Å². The van der Waals surface area contributed by atoms with Crippen LogP contribution < -0.4 is 4.74 Å². The molecule has 1 aliphatic heterocycles. The molecule has 1 aromatic rings. The molecule has 4 nitrogen and oxygen atoms in total. The molecule has 1 aromatic carbocycles. The Hall–Kier alpha value is -1.81. The smallest absolute Gasteiger partial charge is 0.320 e. The highest BCUT2D eigenvalue weighted by Gasteiger charge is 2.25. The molecule has 1 aliphatic rings. The molecule has 0 fully saturated rings. The van der Waals surface area contributed by atoms with Gasteiger partial charge in [0.05, 0.1) is 13.2 Å². The summed E-state index contributed by atoms with van der Waals surface area (Å²) in [5, 5.41) is 0. The first-order chi connectivity index (χ1) is 9.72. The number of hydrogen-bond donors (Lipinski definition) is 0. The van der Waals surface area contributed by atoms with Crippen LogP contribution in [0, 0.1) is 0 Å². The molecule has 0 aliphatic carbocycles. The van der Waals surface area contributed by atoms with Crippen LogP contribution in [-0.2, 0) is 16.0 Å². The zero-order chi connectivity index (χ0) is 14.4. The molecule has 0 spiro atoms. The Morgan fingerprint density at radius 1 is 1.55 bits per heavy atom. The molecule has 1 unspecified atom stereocenters. The van der Waals surface area contributed by atoms with Crippen LogP contribution in [0.1, 0.15) is 12.5 Å². The summed E-state index contributed by atoms with van der Waals surface area (Å²) in [5.41, 5.74) is 1.23. The molecular weight excluding hydrogens is 254 g/mol. The van der Waals surface area contributed by atoms with Gasteiger partial charge in [0.25, 0.3) is 0 Å². The van der Waals surface area contributed by atoms with Crippen molar-refractivity contribution in [2.75, 3.05) is 26.2 Å². The lowest BCUT2D eigenvalue weighted by molar-refractivity contribution is -0.144. The summed E-state index contributed by atoms with van der Waals surface area (Å²) in [4.78, 5) is 13.6. The van der Waals surface area contributed by atoms with Crippen molar-refractivity contribution >= 4 is 5.97 Å². The van der Waals surface area contributed by atoms with E-state index in [1.165, 1.54) is 5.56 Å². The second-order valence-corrected chi connectivity index (χ2v) is 4.84. The minimum atomic E-state index is -0.204. The van der Waals surface area contributed by atoms with E-state index >= 15 is 0 Å². The largest absolute Gasteiger partial charge is 0.488 e. The summed E-state index contributed by atoms with van der Waals surface area (Å²) in [5.74, 6) is 0.747. The molecule has 1 heterocycles. The third kappa shape index (κ3) is 3.84. The number of rotatable bonds is 7. The molecular formula is C16H21NO3. The fourth-order valence-corrected chi connectivity index (χ4v) is 2.42. The van der Waals surface area contributed by atoms with Gasteiger partial charge in [-0.15, -0.1) is 6.58 Å². The van der Waals surface area contributed by atoms with Crippen molar-refractivity contribution in [3.63, 3.8) is 0 Å². The zero-order valence-corrected chi connectivity index (χ0v) is 11.9. The standard InChI is InChI=1S/C16H21NO3/c1-3-9-17(12-16(18)19-4-2)11-14-10-13-7-5-6-8-15(13)20-14/h3,5-8,14H,1,4,9-12H2,2H3. The van der Waals surface area contributed by atoms with E-state index in [1.807, 2.05) is 30.0 Å². The molecule has 20 heavy (non-hydrogen) atoms. The normalized spacial score (nSPS) is 16.6. The number of hydrogen-bond acceptors (Lipinski definition) is 4. The lowest BCUT2D eigenvalue weighted by Crippen LogP contribution is -2.38. The Balaban J connectivity index is 1.90. The Bertz CT molecular complexity index is 448. The highest BCUT2D eigenvalue weighted by atomic mass is 16.5. The van der Waals surface area contributed by atoms with Crippen LogP contribution in [0.5, 0.6) is 5.75 Å². The van der Waals surface area contributed by atoms with Gasteiger partial charge >= 0.3 is 5.97 Å². The average Bonchev–Trinajstić information content (AvgIpc) is 2.81. The maximum absolute atomic E-state index is 11.6. The number of fused-ring (bicyclic) bond motifs is 1. The van der Waals surface area contributed by atoms with Gasteiger partial charge < -0.3 is 9.47 Å². The van der Waals surface area contributed by atoms with E-state index in [0.717, 1.165) is 12.2 Å². The monoisotopic (exact) mass is 275 g/mol. The third-order valence-corrected chi connectivity index (χ3v) is 3.22. The first-order valence-electron chi connectivity index (χ1n) is 6.96. The van der Waals surface area contributed by atoms with Gasteiger partial charge in [-0.05, 0) is 18.6 Å². The summed E-state index contributed by atoms with van der Waals surface area (Å²) in [6.45, 7) is 7.57. The summed E-state index contributed by atoms with van der Waals surface area (Å²) in [6, 6.07) is 8.06. The van der Waals surface area contributed by atoms with Crippen molar-refractivity contribution in [2.24, 2.45) is 0 Å². The van der Waals surface area contributed by atoms with E-state index in [1.54, 1.807) is 6.08 Å². The van der Waals surface area contributed by atoms with E-state index < -0.39 is 0 Å². The van der Waals surface area contributed by atoms with Crippen LogP contribution in [0.15, 0.2) is 36.9 Å². The fraction of sp³-hybridized carbons (Fsp3) is 0.438. The molecule has 4 heteroatoms. The van der Waals surface area contributed by atoms with Crippen molar-refractivity contribution in [3.8, 4) is 5.75 Å². The highest BCUT2D eigenvalue weighted by Crippen LogP contribution is 2.28. The third-order valence-electron chi connectivity index (χ3n) is 3.22. The van der Waals surface area contributed by atoms with E-state index in [2.05, 4.69) is 12.6 Å². The van der Waals surface area contributed by atoms with Crippen molar-refractivity contribution in [1.82, 2.24) is 4.90 Å². The molecule has 108 valence electrons. The number of carbonyl (C=O) groups excluding carboxylic acids is 1. The minimum absolute atomic E-state index is 0.0850. The average molecular weight is 275 g/mol. The Kier molecular flexibility index (Phi) is 5.18. The van der Waals surface area contributed by atoms with E-state index in [9.17, 15) is 4.79 Å². The Morgan fingerprint density at radius 3 is 3.05 bits per heavy atom. The number of ether oxygens (including phenoxy) is 2. The van der Waals surface area contributed by atoms with E-state index in [4.69, 9.17) is 9.47 Å².